The van der Waals surface area contributed by atoms with Gasteiger partial charge in [-0.05, 0) is 0 Å². The van der Waals surface area contributed by atoms with Gasteiger partial charge in [0.2, 0.25) is 0 Å². The molecule has 0 amide bonds. The molecule has 2 aromatic carbocycles. The average molecular weight is 436 g/mol. The van der Waals surface area contributed by atoms with Crippen LogP contribution in [0.1, 0.15) is 58.7 Å². The Bertz CT molecular complexity index is 1010. The van der Waals surface area contributed by atoms with Gasteiger partial charge in [0, 0.05) is 0 Å². The van der Waals surface area contributed by atoms with E-state index in [-0.39, 0.29) is 0 Å². The third-order valence-electron chi connectivity index (χ3n) is 7.85. The van der Waals surface area contributed by atoms with Gasteiger partial charge in [-0.25, -0.2) is 0 Å². The second-order valence-corrected chi connectivity index (χ2v) is 27.7. The molecule has 0 aromatic heterocycles. The second kappa shape index (κ2) is 6.08. The molecule has 0 radical (unpaired) electrons. The van der Waals surface area contributed by atoms with Crippen LogP contribution >= 0.6 is 0 Å². The molecule has 0 saturated carbocycles. The first-order valence-corrected chi connectivity index (χ1v) is 19.4. The summed E-state index contributed by atoms with van der Waals surface area (Å²) in [5.41, 5.74) is 11.9. The van der Waals surface area contributed by atoms with E-state index in [2.05, 4.69) is 96.2 Å². The Labute approximate surface area is 165 Å². The van der Waals surface area contributed by atoms with E-state index in [4.69, 9.17) is 0 Å². The van der Waals surface area contributed by atoms with Gasteiger partial charge in [-0.15, -0.1) is 0 Å². The summed E-state index contributed by atoms with van der Waals surface area (Å²) in [6, 6.07) is 9.22. The van der Waals surface area contributed by atoms with Crippen LogP contribution < -0.4 is 0 Å². The summed E-state index contributed by atoms with van der Waals surface area (Å²) < 4.78 is 9.19. The summed E-state index contributed by atoms with van der Waals surface area (Å²) in [5.74, 6) is 0. The van der Waals surface area contributed by atoms with Gasteiger partial charge in [0.05, 0.1) is 0 Å². The zero-order valence-electron chi connectivity index (χ0n) is 17.9. The van der Waals surface area contributed by atoms with Crippen molar-refractivity contribution < 1.29 is 18.3 Å². The van der Waals surface area contributed by atoms with Gasteiger partial charge in [0.1, 0.15) is 0 Å². The van der Waals surface area contributed by atoms with Crippen molar-refractivity contribution >= 4 is 15.9 Å². The number of benzene rings is 2. The molecule has 27 heavy (non-hydrogen) atoms. The van der Waals surface area contributed by atoms with Crippen LogP contribution in [0.2, 0.25) is 9.26 Å². The van der Waals surface area contributed by atoms with Crippen LogP contribution in [-0.2, 0) is 18.3 Å². The van der Waals surface area contributed by atoms with E-state index in [1.807, 2.05) is 0 Å². The van der Waals surface area contributed by atoms with E-state index in [0.717, 1.165) is 0 Å². The molecular weight excluding hydrogens is 404 g/mol. The molecule has 1 heteroatoms. The molecule has 0 spiro atoms. The topological polar surface area (TPSA) is 0 Å². The van der Waals surface area contributed by atoms with E-state index < -0.39 is 18.3 Å². The van der Waals surface area contributed by atoms with E-state index in [1.54, 1.807) is 11.1 Å². The zero-order chi connectivity index (χ0) is 19.6. The summed E-state index contributed by atoms with van der Waals surface area (Å²) in [6.07, 6.45) is 9.92. The Morgan fingerprint density at radius 2 is 1.04 bits per heavy atom. The van der Waals surface area contributed by atoms with Crippen LogP contribution in [0.5, 0.6) is 0 Å². The molecule has 2 unspecified atom stereocenters. The van der Waals surface area contributed by atoms with Crippen LogP contribution in [0.15, 0.2) is 36.4 Å². The molecule has 0 heterocycles. The molecule has 2 atom stereocenters. The molecule has 2 aliphatic rings. The van der Waals surface area contributed by atoms with E-state index in [0.29, 0.717) is 7.25 Å². The van der Waals surface area contributed by atoms with Gasteiger partial charge >= 0.3 is 166 Å². The number of hydrogen-bond acceptors (Lipinski definition) is 0. The standard InChI is InChI=1S/2C11H11.C2H4.2CH3.Zr/c2*1-8-6-7-9(2)11-5-3-4-10(8)11;1-2;;;/h2*3-7H,1-2H3;1H,2H3;2*1H3;. The molecule has 0 aliphatic heterocycles. The molecule has 0 nitrogen and oxygen atoms in total. The first-order valence-electron chi connectivity index (χ1n) is 10.3. The molecule has 0 N–H and O–H groups in total. The third-order valence-corrected chi connectivity index (χ3v) is 24.3. The summed E-state index contributed by atoms with van der Waals surface area (Å²) in [4.78, 5) is 0. The number of aryl methyl sites for hydroxylation is 4. The summed E-state index contributed by atoms with van der Waals surface area (Å²) >= 11 is -3.39. The molecule has 0 bridgehead atoms. The minimum absolute atomic E-state index is 0.576. The summed E-state index contributed by atoms with van der Waals surface area (Å²) in [5, 5.41) is 0. The number of fused-ring (bicyclic) bond motifs is 2. The molecule has 0 fully saturated rings. The fourth-order valence-corrected chi connectivity index (χ4v) is 18.2. The Morgan fingerprint density at radius 3 is 1.41 bits per heavy atom. The van der Waals surface area contributed by atoms with Crippen molar-refractivity contribution in [2.45, 2.75) is 51.1 Å². The molecular formula is C26H32Zr. The first kappa shape index (κ1) is 19.0. The minimum atomic E-state index is -3.39. The molecule has 0 saturated heterocycles. The van der Waals surface area contributed by atoms with Gasteiger partial charge in [-0.1, -0.05) is 0 Å². The van der Waals surface area contributed by atoms with Crippen molar-refractivity contribution in [1.29, 1.82) is 0 Å². The fourth-order valence-electron chi connectivity index (χ4n) is 5.62. The first-order chi connectivity index (χ1) is 12.7. The Hall–Kier alpha value is -1.33. The van der Waals surface area contributed by atoms with Gasteiger partial charge < -0.3 is 0 Å². The van der Waals surface area contributed by atoms with Crippen molar-refractivity contribution in [2.75, 3.05) is 0 Å². The number of rotatable bonds is 2. The van der Waals surface area contributed by atoms with Crippen molar-refractivity contribution in [3.8, 4) is 0 Å². The quantitative estimate of drug-likeness (QED) is 0.462. The van der Waals surface area contributed by atoms with E-state index in [1.165, 1.54) is 33.4 Å². The second-order valence-electron chi connectivity index (χ2n) is 9.75. The third kappa shape index (κ3) is 2.54. The molecule has 2 aromatic rings. The Balaban J connectivity index is 1.98. The number of hydrogen-bond donors (Lipinski definition) is 0. The Kier molecular flexibility index (Phi) is 4.28. The van der Waals surface area contributed by atoms with Crippen molar-refractivity contribution in [3.05, 3.63) is 80.9 Å². The van der Waals surface area contributed by atoms with Crippen LogP contribution in [0.3, 0.4) is 0 Å². The predicted molar refractivity (Wildman–Crippen MR) is 119 cm³/mol. The van der Waals surface area contributed by atoms with Crippen LogP contribution in [0.25, 0.3) is 12.2 Å². The average Bonchev–Trinajstić information content (AvgIpc) is 3.28. The summed E-state index contributed by atoms with van der Waals surface area (Å²) in [7, 11) is 0. The van der Waals surface area contributed by atoms with Crippen molar-refractivity contribution in [2.24, 2.45) is 0 Å². The number of allylic oxidation sites excluding steroid dienone is 2. The van der Waals surface area contributed by atoms with Crippen LogP contribution in [0, 0.1) is 27.7 Å². The van der Waals surface area contributed by atoms with Crippen molar-refractivity contribution in [1.82, 2.24) is 0 Å². The van der Waals surface area contributed by atoms with Crippen molar-refractivity contribution in [3.63, 3.8) is 0 Å². The van der Waals surface area contributed by atoms with Crippen LogP contribution in [-0.4, -0.2) is 3.71 Å². The van der Waals surface area contributed by atoms with Gasteiger partial charge in [0.25, 0.3) is 0 Å². The van der Waals surface area contributed by atoms with E-state index >= 15 is 0 Å². The van der Waals surface area contributed by atoms with Crippen LogP contribution in [0.4, 0.5) is 0 Å². The van der Waals surface area contributed by atoms with Gasteiger partial charge in [-0.3, -0.25) is 0 Å². The SMILES string of the molecule is C[CH]=[Zr]([CH3])([CH3])([CH]1C=Cc2c(C)ccc(C)c21)[CH]1C=Cc2c(C)ccc(C)c21. The maximum absolute atomic E-state index is 3.39. The molecule has 2 aliphatic carbocycles. The fraction of sp³-hybridized carbons (Fsp3) is 0.346. The normalized spacial score (nSPS) is 20.7. The molecule has 140 valence electrons. The van der Waals surface area contributed by atoms with E-state index in [9.17, 15) is 0 Å². The maximum atomic E-state index is 2.68. The molecule has 4 rings (SSSR count). The predicted octanol–water partition coefficient (Wildman–Crippen LogP) is 7.36. The monoisotopic (exact) mass is 434 g/mol. The van der Waals surface area contributed by atoms with Gasteiger partial charge in [-0.2, -0.15) is 0 Å². The van der Waals surface area contributed by atoms with Gasteiger partial charge in [0.15, 0.2) is 0 Å². The Morgan fingerprint density at radius 1 is 0.667 bits per heavy atom. The summed E-state index contributed by atoms with van der Waals surface area (Å²) in [6.45, 7) is 11.5. The zero-order valence-corrected chi connectivity index (χ0v) is 20.3.